The molecule has 1 aromatic rings. The first kappa shape index (κ1) is 8.51. The van der Waals surface area contributed by atoms with Crippen molar-refractivity contribution >= 4 is 0 Å². The molecular weight excluding hydrogens is 164 g/mol. The zero-order chi connectivity index (χ0) is 9.10. The normalized spacial score (nSPS) is 21.8. The molecule has 0 radical (unpaired) electrons. The number of nitrogens with one attached hydrogen (secondary N) is 1. The molecular formula is C10H14N2O. The molecule has 0 unspecified atom stereocenters. The number of pyridine rings is 1. The average molecular weight is 178 g/mol. The van der Waals surface area contributed by atoms with Crippen LogP contribution >= 0.6 is 0 Å². The number of hydrogen-bond donors (Lipinski definition) is 1. The van der Waals surface area contributed by atoms with Gasteiger partial charge in [0.2, 0.25) is 0 Å². The zero-order valence-corrected chi connectivity index (χ0v) is 7.79. The SMILES string of the molecule is COc1cccnc1[C@H]1CCCN1. The molecule has 70 valence electrons. The monoisotopic (exact) mass is 178 g/mol. The number of nitrogens with zero attached hydrogens (tertiary/aromatic N) is 1. The molecule has 0 amide bonds. The van der Waals surface area contributed by atoms with Crippen LogP contribution in [0.3, 0.4) is 0 Å². The smallest absolute Gasteiger partial charge is 0.141 e. The van der Waals surface area contributed by atoms with Gasteiger partial charge in [0.15, 0.2) is 0 Å². The Morgan fingerprint density at radius 3 is 3.23 bits per heavy atom. The fourth-order valence-electron chi connectivity index (χ4n) is 1.76. The van der Waals surface area contributed by atoms with Crippen molar-refractivity contribution in [2.24, 2.45) is 0 Å². The van der Waals surface area contributed by atoms with Crippen LogP contribution in [0, 0.1) is 0 Å². The summed E-state index contributed by atoms with van der Waals surface area (Å²) in [7, 11) is 1.69. The molecule has 1 aromatic heterocycles. The molecule has 1 aliphatic rings. The number of aromatic nitrogens is 1. The van der Waals surface area contributed by atoms with Crippen LogP contribution in [0.2, 0.25) is 0 Å². The largest absolute Gasteiger partial charge is 0.495 e. The molecule has 0 aliphatic carbocycles. The highest BCUT2D eigenvalue weighted by atomic mass is 16.5. The third-order valence-electron chi connectivity index (χ3n) is 2.41. The Hall–Kier alpha value is -1.09. The predicted octanol–water partition coefficient (Wildman–Crippen LogP) is 1.51. The molecule has 13 heavy (non-hydrogen) atoms. The summed E-state index contributed by atoms with van der Waals surface area (Å²) < 4.78 is 5.26. The molecule has 1 saturated heterocycles. The minimum Gasteiger partial charge on any atom is -0.495 e. The lowest BCUT2D eigenvalue weighted by molar-refractivity contribution is 0.399. The van der Waals surface area contributed by atoms with E-state index in [0.717, 1.165) is 24.4 Å². The number of ether oxygens (including phenoxy) is 1. The maximum absolute atomic E-state index is 5.26. The zero-order valence-electron chi connectivity index (χ0n) is 7.79. The Bertz CT molecular complexity index is 282. The summed E-state index contributed by atoms with van der Waals surface area (Å²) in [5, 5.41) is 3.41. The van der Waals surface area contributed by atoms with Gasteiger partial charge in [-0.15, -0.1) is 0 Å². The first-order valence-corrected chi connectivity index (χ1v) is 4.64. The molecule has 1 aliphatic heterocycles. The van der Waals surface area contributed by atoms with Crippen molar-refractivity contribution in [1.29, 1.82) is 0 Å². The molecule has 1 N–H and O–H groups in total. The van der Waals surface area contributed by atoms with E-state index in [1.807, 2.05) is 18.3 Å². The molecule has 2 rings (SSSR count). The second kappa shape index (κ2) is 3.75. The minimum atomic E-state index is 0.385. The fraction of sp³-hybridized carbons (Fsp3) is 0.500. The van der Waals surface area contributed by atoms with Crippen molar-refractivity contribution < 1.29 is 4.74 Å². The highest BCUT2D eigenvalue weighted by Crippen LogP contribution is 2.28. The highest BCUT2D eigenvalue weighted by molar-refractivity contribution is 5.29. The van der Waals surface area contributed by atoms with Gasteiger partial charge in [0.25, 0.3) is 0 Å². The van der Waals surface area contributed by atoms with Crippen LogP contribution in [0.1, 0.15) is 24.6 Å². The van der Waals surface area contributed by atoms with E-state index in [4.69, 9.17) is 4.74 Å². The van der Waals surface area contributed by atoms with E-state index >= 15 is 0 Å². The van der Waals surface area contributed by atoms with Crippen molar-refractivity contribution in [2.75, 3.05) is 13.7 Å². The van der Waals surface area contributed by atoms with Gasteiger partial charge in [0.05, 0.1) is 18.8 Å². The number of rotatable bonds is 2. The van der Waals surface area contributed by atoms with E-state index in [1.165, 1.54) is 6.42 Å². The fourth-order valence-corrected chi connectivity index (χ4v) is 1.76. The van der Waals surface area contributed by atoms with E-state index in [1.54, 1.807) is 7.11 Å². The Morgan fingerprint density at radius 1 is 1.62 bits per heavy atom. The molecule has 2 heterocycles. The second-order valence-electron chi connectivity index (χ2n) is 3.24. The Labute approximate surface area is 78.1 Å². The summed E-state index contributed by atoms with van der Waals surface area (Å²) in [4.78, 5) is 4.34. The lowest BCUT2D eigenvalue weighted by atomic mass is 10.1. The predicted molar refractivity (Wildman–Crippen MR) is 50.8 cm³/mol. The molecule has 1 atom stereocenters. The first-order chi connectivity index (χ1) is 6.42. The van der Waals surface area contributed by atoms with E-state index in [9.17, 15) is 0 Å². The van der Waals surface area contributed by atoms with Gasteiger partial charge in [-0.25, -0.2) is 0 Å². The topological polar surface area (TPSA) is 34.1 Å². The van der Waals surface area contributed by atoms with Gasteiger partial charge in [-0.1, -0.05) is 0 Å². The summed E-state index contributed by atoms with van der Waals surface area (Å²) in [6.07, 6.45) is 4.20. The number of methoxy groups -OCH3 is 1. The van der Waals surface area contributed by atoms with Gasteiger partial charge in [-0.05, 0) is 31.5 Å². The number of hydrogen-bond acceptors (Lipinski definition) is 3. The van der Waals surface area contributed by atoms with E-state index in [-0.39, 0.29) is 0 Å². The van der Waals surface area contributed by atoms with E-state index in [2.05, 4.69) is 10.3 Å². The van der Waals surface area contributed by atoms with E-state index in [0.29, 0.717) is 6.04 Å². The van der Waals surface area contributed by atoms with Crippen LogP contribution in [-0.4, -0.2) is 18.6 Å². The van der Waals surface area contributed by atoms with Crippen LogP contribution in [0.5, 0.6) is 5.75 Å². The lowest BCUT2D eigenvalue weighted by Crippen LogP contribution is -2.15. The van der Waals surface area contributed by atoms with Crippen molar-refractivity contribution in [3.63, 3.8) is 0 Å². The first-order valence-electron chi connectivity index (χ1n) is 4.64. The maximum atomic E-state index is 5.26. The van der Waals surface area contributed by atoms with Crippen LogP contribution in [0.25, 0.3) is 0 Å². The lowest BCUT2D eigenvalue weighted by Gasteiger charge is -2.12. The molecule has 3 heteroatoms. The van der Waals surface area contributed by atoms with Gasteiger partial charge in [-0.3, -0.25) is 4.98 Å². The van der Waals surface area contributed by atoms with Crippen LogP contribution in [0.4, 0.5) is 0 Å². The maximum Gasteiger partial charge on any atom is 0.141 e. The Kier molecular flexibility index (Phi) is 2.45. The third kappa shape index (κ3) is 1.65. The average Bonchev–Trinajstić information content (AvgIpc) is 2.70. The van der Waals surface area contributed by atoms with Gasteiger partial charge < -0.3 is 10.1 Å². The summed E-state index contributed by atoms with van der Waals surface area (Å²) in [5.41, 5.74) is 1.04. The van der Waals surface area contributed by atoms with Crippen LogP contribution in [0.15, 0.2) is 18.3 Å². The van der Waals surface area contributed by atoms with Crippen LogP contribution in [-0.2, 0) is 0 Å². The van der Waals surface area contributed by atoms with Crippen molar-refractivity contribution in [3.05, 3.63) is 24.0 Å². The Morgan fingerprint density at radius 2 is 2.54 bits per heavy atom. The third-order valence-corrected chi connectivity index (χ3v) is 2.41. The summed E-state index contributed by atoms with van der Waals surface area (Å²) >= 11 is 0. The molecule has 0 spiro atoms. The molecule has 0 saturated carbocycles. The van der Waals surface area contributed by atoms with Crippen molar-refractivity contribution in [1.82, 2.24) is 10.3 Å². The summed E-state index contributed by atoms with van der Waals surface area (Å²) in [6.45, 7) is 1.09. The van der Waals surface area contributed by atoms with Gasteiger partial charge in [0, 0.05) is 6.20 Å². The van der Waals surface area contributed by atoms with Gasteiger partial charge in [0.1, 0.15) is 5.75 Å². The standard InChI is InChI=1S/C10H14N2O/c1-13-9-5-3-7-12-10(9)8-4-2-6-11-8/h3,5,7-8,11H,2,4,6H2,1H3/t8-/m1/s1. The Balaban J connectivity index is 2.26. The molecule has 1 fully saturated rings. The van der Waals surface area contributed by atoms with Crippen LogP contribution < -0.4 is 10.1 Å². The summed E-state index contributed by atoms with van der Waals surface area (Å²) in [5.74, 6) is 0.891. The van der Waals surface area contributed by atoms with Gasteiger partial charge >= 0.3 is 0 Å². The van der Waals surface area contributed by atoms with E-state index < -0.39 is 0 Å². The quantitative estimate of drug-likeness (QED) is 0.745. The molecule has 0 aromatic carbocycles. The highest BCUT2D eigenvalue weighted by Gasteiger charge is 2.20. The minimum absolute atomic E-state index is 0.385. The summed E-state index contributed by atoms with van der Waals surface area (Å²) in [6, 6.07) is 4.25. The van der Waals surface area contributed by atoms with Crippen molar-refractivity contribution in [3.8, 4) is 5.75 Å². The molecule has 0 bridgehead atoms. The molecule has 3 nitrogen and oxygen atoms in total. The van der Waals surface area contributed by atoms with Crippen molar-refractivity contribution in [2.45, 2.75) is 18.9 Å². The van der Waals surface area contributed by atoms with Gasteiger partial charge in [-0.2, -0.15) is 0 Å². The second-order valence-corrected chi connectivity index (χ2v) is 3.24.